The Morgan fingerprint density at radius 2 is 1.64 bits per heavy atom. The molecule has 0 unspecified atom stereocenters. The van der Waals surface area contributed by atoms with Gasteiger partial charge in [0.05, 0.1) is 0 Å². The lowest BCUT2D eigenvalue weighted by Crippen LogP contribution is -2.34. The zero-order valence-electron chi connectivity index (χ0n) is 4.66. The van der Waals surface area contributed by atoms with E-state index < -0.39 is 24.8 Å². The summed E-state index contributed by atoms with van der Waals surface area (Å²) >= 11 is 0. The summed E-state index contributed by atoms with van der Waals surface area (Å²) in [5, 5.41) is 9.48. The first kappa shape index (κ1) is 10.2. The number of nitro groups is 1. The number of hydrogen-bond donors (Lipinski definition) is 2. The van der Waals surface area contributed by atoms with E-state index in [-0.39, 0.29) is 0 Å². The first-order valence-electron chi connectivity index (χ1n) is 1.81. The van der Waals surface area contributed by atoms with Crippen molar-refractivity contribution in [3.8, 4) is 0 Å². The van der Waals surface area contributed by atoms with Gasteiger partial charge < -0.3 is 0 Å². The summed E-state index contributed by atoms with van der Waals surface area (Å²) in [5.41, 5.74) is 0. The lowest BCUT2D eigenvalue weighted by molar-refractivity contribution is -0.306. The number of nitrogens with zero attached hydrogens (tertiary/aromatic N) is 1. The fourth-order valence-corrected chi connectivity index (χ4v) is 1.47. The van der Waals surface area contributed by atoms with Gasteiger partial charge in [-0.25, -0.2) is 10.1 Å². The molecule has 0 saturated heterocycles. The van der Waals surface area contributed by atoms with E-state index in [0.717, 1.165) is 0 Å². The minimum Gasteiger partial charge on any atom is -0.273 e. The predicted molar refractivity (Wildman–Crippen MR) is 30.6 cm³/mol. The van der Waals surface area contributed by atoms with Gasteiger partial charge in [0.1, 0.15) is 0 Å². The van der Waals surface area contributed by atoms with Crippen LogP contribution in [0.3, 0.4) is 0 Å². The van der Waals surface area contributed by atoms with Crippen LogP contribution in [0.2, 0.25) is 0 Å². The predicted octanol–water partition coefficient (Wildman–Crippen LogP) is -2.10. The van der Waals surface area contributed by atoms with Crippen molar-refractivity contribution in [2.75, 3.05) is 0 Å². The minimum atomic E-state index is -5.22. The third-order valence-corrected chi connectivity index (χ3v) is 2.48. The molecule has 0 aliphatic heterocycles. The van der Waals surface area contributed by atoms with Crippen molar-refractivity contribution < 1.29 is 25.7 Å². The van der Waals surface area contributed by atoms with Gasteiger partial charge in [0.25, 0.3) is 0 Å². The van der Waals surface area contributed by atoms with E-state index in [2.05, 4.69) is 0 Å². The summed E-state index contributed by atoms with van der Waals surface area (Å²) in [7, 11) is -10.3. The van der Waals surface area contributed by atoms with Crippen molar-refractivity contribution in [3.63, 3.8) is 0 Å². The van der Waals surface area contributed by atoms with Gasteiger partial charge in [-0.2, -0.15) is 8.42 Å². The van der Waals surface area contributed by atoms with Gasteiger partial charge in [-0.3, -0.25) is 4.55 Å². The van der Waals surface area contributed by atoms with E-state index in [0.29, 0.717) is 4.13 Å². The molecule has 0 amide bonds. The molecule has 0 fully saturated rings. The van der Waals surface area contributed by atoms with Gasteiger partial charge in [0.15, 0.2) is 4.33 Å². The van der Waals surface area contributed by atoms with Gasteiger partial charge in [-0.05, 0) is 4.13 Å². The highest BCUT2D eigenvalue weighted by atomic mass is 32.3. The summed E-state index contributed by atoms with van der Waals surface area (Å²) in [4.78, 5) is 9.48. The van der Waals surface area contributed by atoms with Crippen LogP contribution in [0.15, 0.2) is 0 Å². The van der Waals surface area contributed by atoms with E-state index in [9.17, 15) is 26.9 Å². The maximum absolute atomic E-state index is 10.00. The van der Waals surface area contributed by atoms with E-state index in [1.165, 1.54) is 0 Å². The molecular weight excluding hydrogens is 204 g/mol. The molecule has 0 radical (unpaired) electrons. The van der Waals surface area contributed by atoms with Crippen LogP contribution in [0.4, 0.5) is 0 Å². The van der Waals surface area contributed by atoms with Crippen LogP contribution in [0, 0.1) is 10.1 Å². The molecule has 0 aliphatic carbocycles. The molecule has 0 spiro atoms. The molecular formula is H2N2O7S2. The Bertz CT molecular complexity index is 344. The average Bonchev–Trinajstić information content (AvgIpc) is 1.56. The first-order valence-corrected chi connectivity index (χ1v) is 4.69. The first-order chi connectivity index (χ1) is 4.65. The molecule has 0 aromatic rings. The maximum Gasteiger partial charge on any atom is 0.510 e. The van der Waals surface area contributed by atoms with Crippen molar-refractivity contribution >= 4 is 20.5 Å². The molecule has 11 heavy (non-hydrogen) atoms. The van der Waals surface area contributed by atoms with E-state index in [1.54, 1.807) is 0 Å². The normalized spacial score (nSPS) is 12.8. The Kier molecular flexibility index (Phi) is 2.50. The third-order valence-electron chi connectivity index (χ3n) is 0.407. The summed E-state index contributed by atoms with van der Waals surface area (Å²) in [5.74, 6) is 0. The van der Waals surface area contributed by atoms with Crippen LogP contribution in [0.1, 0.15) is 0 Å². The summed E-state index contributed by atoms with van der Waals surface area (Å²) in [6.45, 7) is 0. The van der Waals surface area contributed by atoms with E-state index in [4.69, 9.17) is 4.55 Å². The highest BCUT2D eigenvalue weighted by Crippen LogP contribution is 1.86. The van der Waals surface area contributed by atoms with Crippen molar-refractivity contribution in [1.82, 2.24) is 4.13 Å². The summed E-state index contributed by atoms with van der Waals surface area (Å²) < 4.78 is 45.7. The fourth-order valence-electron chi connectivity index (χ4n) is 0.164. The number of nitrogens with one attached hydrogen (secondary N) is 1. The largest absolute Gasteiger partial charge is 0.510 e. The Balaban J connectivity index is 4.83. The zero-order chi connectivity index (χ0) is 9.28. The highest BCUT2D eigenvalue weighted by molar-refractivity contribution is 7.99. The molecule has 66 valence electrons. The second kappa shape index (κ2) is 2.69. The van der Waals surface area contributed by atoms with Crippen molar-refractivity contribution in [1.29, 1.82) is 0 Å². The SMILES string of the molecule is O=[N+]([O-])S(=O)(=O)NS(=O)(=O)O. The van der Waals surface area contributed by atoms with Gasteiger partial charge in [0.2, 0.25) is 0 Å². The second-order valence-electron chi connectivity index (χ2n) is 1.26. The lowest BCUT2D eigenvalue weighted by atomic mass is 13.4. The standard InChI is InChI=1S/H2N2O7S2/c3-2(4)10(5,6)1-11(7,8)9/h1H,(H,7,8,9). The molecule has 0 heterocycles. The molecule has 2 N–H and O–H groups in total. The third kappa shape index (κ3) is 3.82. The molecule has 0 rings (SSSR count). The highest BCUT2D eigenvalue weighted by Gasteiger charge is 2.29. The average molecular weight is 206 g/mol. The Labute approximate surface area is 61.2 Å². The van der Waals surface area contributed by atoms with Crippen LogP contribution in [-0.4, -0.2) is 25.7 Å². The summed E-state index contributed by atoms with van der Waals surface area (Å²) in [6, 6.07) is 0. The van der Waals surface area contributed by atoms with Crippen LogP contribution in [-0.2, 0) is 20.5 Å². The van der Waals surface area contributed by atoms with Crippen LogP contribution in [0.25, 0.3) is 0 Å². The van der Waals surface area contributed by atoms with E-state index in [1.807, 2.05) is 0 Å². The van der Waals surface area contributed by atoms with Crippen molar-refractivity contribution in [2.24, 2.45) is 0 Å². The zero-order valence-corrected chi connectivity index (χ0v) is 6.29. The van der Waals surface area contributed by atoms with Gasteiger partial charge in [-0.15, -0.1) is 8.42 Å². The van der Waals surface area contributed by atoms with Crippen LogP contribution in [0.5, 0.6) is 0 Å². The fraction of sp³-hybridized carbons (Fsp3) is 0. The second-order valence-corrected chi connectivity index (χ2v) is 4.12. The minimum absolute atomic E-state index is 0.396. The number of hydrogen-bond acceptors (Lipinski definition) is 6. The van der Waals surface area contributed by atoms with Crippen LogP contribution >= 0.6 is 0 Å². The maximum atomic E-state index is 10.00. The van der Waals surface area contributed by atoms with E-state index >= 15 is 0 Å². The molecule has 9 nitrogen and oxygen atoms in total. The quantitative estimate of drug-likeness (QED) is 0.305. The lowest BCUT2D eigenvalue weighted by Gasteiger charge is -1.92. The van der Waals surface area contributed by atoms with Gasteiger partial charge in [0, 0.05) is 0 Å². The molecule has 0 bridgehead atoms. The Hall–Kier alpha value is -0.780. The van der Waals surface area contributed by atoms with Crippen molar-refractivity contribution in [3.05, 3.63) is 10.1 Å². The van der Waals surface area contributed by atoms with Crippen molar-refractivity contribution in [2.45, 2.75) is 0 Å². The topological polar surface area (TPSA) is 144 Å². The molecule has 0 atom stereocenters. The monoisotopic (exact) mass is 206 g/mol. The van der Waals surface area contributed by atoms with Gasteiger partial charge in [-0.1, -0.05) is 0 Å². The smallest absolute Gasteiger partial charge is 0.273 e. The molecule has 0 saturated carbocycles. The van der Waals surface area contributed by atoms with Crippen LogP contribution < -0.4 is 4.13 Å². The van der Waals surface area contributed by atoms with Gasteiger partial charge >= 0.3 is 20.5 Å². The molecule has 11 heteroatoms. The Morgan fingerprint density at radius 3 is 1.73 bits per heavy atom. The molecule has 0 aromatic heterocycles. The number of rotatable bonds is 3. The summed E-state index contributed by atoms with van der Waals surface area (Å²) in [6.07, 6.45) is 0. The molecule has 0 aliphatic rings. The Morgan fingerprint density at radius 1 is 1.27 bits per heavy atom. The molecule has 0 aromatic carbocycles.